The summed E-state index contributed by atoms with van der Waals surface area (Å²) < 4.78 is 82.2. The molecule has 0 radical (unpaired) electrons. The Kier molecular flexibility index (Phi) is 8.79. The van der Waals surface area contributed by atoms with Gasteiger partial charge in [-0.2, -0.15) is 28.2 Å². The zero-order valence-corrected chi connectivity index (χ0v) is 31.5. The van der Waals surface area contributed by atoms with E-state index in [1.807, 2.05) is 11.0 Å². The topological polar surface area (TPSA) is 116 Å². The van der Waals surface area contributed by atoms with E-state index in [0.717, 1.165) is 32.2 Å². The zero-order chi connectivity index (χ0) is 38.4. The van der Waals surface area contributed by atoms with Crippen molar-refractivity contribution in [3.63, 3.8) is 0 Å². The zero-order valence-electron chi connectivity index (χ0n) is 31.5. The first-order chi connectivity index (χ1) is 26.2. The molecule has 294 valence electrons. The number of aromatic nitrogens is 6. The second kappa shape index (κ2) is 13.2. The Bertz CT molecular complexity index is 2300. The fourth-order valence-corrected chi connectivity index (χ4v) is 9.58. The number of rotatable bonds is 6. The monoisotopic (exact) mass is 766 g/mol. The average molecular weight is 767 g/mol. The molecule has 16 heteroatoms. The number of pyridine rings is 1. The molecule has 8 heterocycles. The molecule has 0 aliphatic carbocycles. The molecule has 4 fully saturated rings. The third-order valence-electron chi connectivity index (χ3n) is 11.9. The van der Waals surface area contributed by atoms with Crippen molar-refractivity contribution in [3.05, 3.63) is 35.2 Å². The molecule has 12 nitrogen and oxygen atoms in total. The van der Waals surface area contributed by atoms with Crippen molar-refractivity contribution in [2.45, 2.75) is 89.0 Å². The van der Waals surface area contributed by atoms with Crippen molar-refractivity contribution in [2.24, 2.45) is 7.05 Å². The van der Waals surface area contributed by atoms with E-state index >= 15 is 13.2 Å². The summed E-state index contributed by atoms with van der Waals surface area (Å²) in [5, 5.41) is 17.4. The van der Waals surface area contributed by atoms with Crippen LogP contribution in [-0.2, 0) is 22.7 Å². The van der Waals surface area contributed by atoms with Crippen LogP contribution >= 0.6 is 0 Å². The first-order valence-corrected chi connectivity index (χ1v) is 19.2. The molecule has 4 saturated heterocycles. The van der Waals surface area contributed by atoms with Crippen molar-refractivity contribution in [3.8, 4) is 17.3 Å². The van der Waals surface area contributed by atoms with Crippen LogP contribution in [0.25, 0.3) is 44.1 Å². The standard InChI is InChI=1S/C39H46F4N8O4/c1-22-14-27-26(17-44-51(27)28-8-5-6-12-54-28)29(31(22)39(41,42)43)32-33-25(15-23(2)45-32)30-34(48(33)4)46-36(47-35(30)49-11-13-53-20-37(3,52)19-49)55-21-38-9-7-10-50(38)18-24(40)16-38/h14-15,17,24,28,52H,5-13,16,18-21H2,1-4H3/t24-,28?,37+,38+/m1/s1. The number of nitrogens with zero attached hydrogens (tertiary/aromatic N) is 8. The summed E-state index contributed by atoms with van der Waals surface area (Å²) in [6.45, 7) is 7.84. The Hall–Kier alpha value is -4.12. The molecule has 55 heavy (non-hydrogen) atoms. The van der Waals surface area contributed by atoms with Crippen LogP contribution in [0.4, 0.5) is 23.4 Å². The van der Waals surface area contributed by atoms with Gasteiger partial charge in [0.2, 0.25) is 0 Å². The molecule has 1 unspecified atom stereocenters. The lowest BCUT2D eigenvalue weighted by Crippen LogP contribution is -2.44. The number of alkyl halides is 4. The molecule has 4 aliphatic rings. The lowest BCUT2D eigenvalue weighted by Gasteiger charge is -2.31. The van der Waals surface area contributed by atoms with Gasteiger partial charge in [0.25, 0.3) is 0 Å². The number of halogens is 4. The van der Waals surface area contributed by atoms with Crippen LogP contribution in [0, 0.1) is 13.8 Å². The van der Waals surface area contributed by atoms with E-state index in [0.29, 0.717) is 83.5 Å². The minimum Gasteiger partial charge on any atom is -0.461 e. The van der Waals surface area contributed by atoms with E-state index in [-0.39, 0.29) is 48.8 Å². The highest BCUT2D eigenvalue weighted by molar-refractivity contribution is 6.17. The Morgan fingerprint density at radius 1 is 1.05 bits per heavy atom. The molecule has 4 atom stereocenters. The van der Waals surface area contributed by atoms with Crippen molar-refractivity contribution in [1.82, 2.24) is 34.2 Å². The number of benzene rings is 1. The van der Waals surface area contributed by atoms with Crippen LogP contribution in [0.2, 0.25) is 0 Å². The minimum atomic E-state index is -4.71. The summed E-state index contributed by atoms with van der Waals surface area (Å²) in [5.41, 5.74) is -0.445. The van der Waals surface area contributed by atoms with Gasteiger partial charge in [0.15, 0.2) is 6.23 Å². The average Bonchev–Trinajstić information content (AvgIpc) is 3.84. The molecule has 4 aromatic heterocycles. The lowest BCUT2D eigenvalue weighted by atomic mass is 9.93. The normalized spacial score (nSPS) is 26.7. The van der Waals surface area contributed by atoms with Crippen molar-refractivity contribution in [2.75, 3.05) is 57.5 Å². The Morgan fingerprint density at radius 3 is 2.67 bits per heavy atom. The second-order valence-electron chi connectivity index (χ2n) is 16.2. The van der Waals surface area contributed by atoms with Gasteiger partial charge in [0, 0.05) is 55.2 Å². The molecule has 0 bridgehead atoms. The highest BCUT2D eigenvalue weighted by atomic mass is 19.4. The van der Waals surface area contributed by atoms with Gasteiger partial charge in [-0.1, -0.05) is 0 Å². The summed E-state index contributed by atoms with van der Waals surface area (Å²) in [6.07, 6.45) is 0.112. The lowest BCUT2D eigenvalue weighted by molar-refractivity contribution is -0.137. The smallest absolute Gasteiger partial charge is 0.417 e. The summed E-state index contributed by atoms with van der Waals surface area (Å²) in [5.74, 6) is 0.455. The quantitative estimate of drug-likeness (QED) is 0.195. The summed E-state index contributed by atoms with van der Waals surface area (Å²) in [6, 6.07) is 3.45. The maximum absolute atomic E-state index is 15.3. The van der Waals surface area contributed by atoms with E-state index in [4.69, 9.17) is 29.2 Å². The summed E-state index contributed by atoms with van der Waals surface area (Å²) in [7, 11) is 1.76. The maximum Gasteiger partial charge on any atom is 0.417 e. The van der Waals surface area contributed by atoms with E-state index in [1.54, 1.807) is 36.2 Å². The SMILES string of the molecule is Cc1cc2c3c(N4CCOC[C@@](C)(O)C4)nc(OC[C@@]45CCCN4C[C@H](F)C5)nc3n(C)c2c(-c2c(C(F)(F)F)c(C)cc3c2cnn3C2CCCCO2)n1. The van der Waals surface area contributed by atoms with Crippen LogP contribution in [-0.4, -0.2) is 109 Å². The summed E-state index contributed by atoms with van der Waals surface area (Å²) >= 11 is 0. The van der Waals surface area contributed by atoms with E-state index in [2.05, 4.69) is 10.00 Å². The molecule has 5 aromatic rings. The van der Waals surface area contributed by atoms with Gasteiger partial charge < -0.3 is 28.8 Å². The highest BCUT2D eigenvalue weighted by Crippen LogP contribution is 2.48. The molecule has 4 aliphatic heterocycles. The highest BCUT2D eigenvalue weighted by Gasteiger charge is 2.49. The van der Waals surface area contributed by atoms with Gasteiger partial charge in [0.1, 0.15) is 29.8 Å². The first-order valence-electron chi connectivity index (χ1n) is 19.2. The largest absolute Gasteiger partial charge is 0.461 e. The first kappa shape index (κ1) is 36.5. The van der Waals surface area contributed by atoms with Gasteiger partial charge >= 0.3 is 12.2 Å². The van der Waals surface area contributed by atoms with Crippen LogP contribution in [0.15, 0.2) is 18.3 Å². The van der Waals surface area contributed by atoms with Crippen LogP contribution in [0.3, 0.4) is 0 Å². The number of β-amino-alcohol motifs (C(OH)–C–C–N with tert-alkyl or cyclic N) is 1. The molecular weight excluding hydrogens is 720 g/mol. The van der Waals surface area contributed by atoms with Crippen LogP contribution in [0.5, 0.6) is 6.01 Å². The van der Waals surface area contributed by atoms with Gasteiger partial charge in [-0.05, 0) is 77.1 Å². The summed E-state index contributed by atoms with van der Waals surface area (Å²) in [4.78, 5) is 18.8. The van der Waals surface area contributed by atoms with Crippen LogP contribution < -0.4 is 9.64 Å². The number of anilines is 1. The minimum absolute atomic E-state index is 0.0495. The predicted octanol–water partition coefficient (Wildman–Crippen LogP) is 6.41. The molecule has 1 aromatic carbocycles. The van der Waals surface area contributed by atoms with Crippen LogP contribution in [0.1, 0.15) is 68.5 Å². The number of fused-ring (bicyclic) bond motifs is 5. The molecule has 9 rings (SSSR count). The molecule has 0 saturated carbocycles. The van der Waals surface area contributed by atoms with E-state index in [9.17, 15) is 9.50 Å². The fraction of sp³-hybridized carbons (Fsp3) is 0.590. The molecule has 1 N–H and O–H groups in total. The Labute approximate surface area is 315 Å². The van der Waals surface area contributed by atoms with Crippen molar-refractivity contribution < 1.29 is 36.9 Å². The maximum atomic E-state index is 15.3. The number of hydrogen-bond acceptors (Lipinski definition) is 10. The van der Waals surface area contributed by atoms with Gasteiger partial charge in [-0.15, -0.1) is 0 Å². The molecule has 0 amide bonds. The second-order valence-corrected chi connectivity index (χ2v) is 16.2. The van der Waals surface area contributed by atoms with E-state index < -0.39 is 29.1 Å². The number of aliphatic hydroxyl groups is 1. The third kappa shape index (κ3) is 6.19. The van der Waals surface area contributed by atoms with E-state index in [1.165, 1.54) is 13.1 Å². The Balaban J connectivity index is 1.28. The predicted molar refractivity (Wildman–Crippen MR) is 198 cm³/mol. The fourth-order valence-electron chi connectivity index (χ4n) is 9.58. The van der Waals surface area contributed by atoms with Gasteiger partial charge in [-0.3, -0.25) is 9.88 Å². The number of hydrogen-bond donors (Lipinski definition) is 1. The third-order valence-corrected chi connectivity index (χ3v) is 11.9. The number of ether oxygens (including phenoxy) is 3. The number of aryl methyl sites for hydroxylation is 3. The molecular formula is C39H46F4N8O4. The van der Waals surface area contributed by atoms with Gasteiger partial charge in [-0.25, -0.2) is 9.07 Å². The van der Waals surface area contributed by atoms with Crippen molar-refractivity contribution in [1.29, 1.82) is 0 Å². The van der Waals surface area contributed by atoms with Crippen molar-refractivity contribution >= 4 is 38.7 Å². The Morgan fingerprint density at radius 2 is 1.89 bits per heavy atom. The van der Waals surface area contributed by atoms with Gasteiger partial charge in [0.05, 0.1) is 59.2 Å². The molecule has 0 spiro atoms.